The van der Waals surface area contributed by atoms with Crippen molar-refractivity contribution in [2.75, 3.05) is 18.4 Å². The van der Waals surface area contributed by atoms with Gasteiger partial charge in [0.25, 0.3) is 0 Å². The number of hydrogen-bond donors (Lipinski definition) is 1. The summed E-state index contributed by atoms with van der Waals surface area (Å²) in [5.41, 5.74) is 0.633. The van der Waals surface area contributed by atoms with Gasteiger partial charge in [-0.3, -0.25) is 9.36 Å². The lowest BCUT2D eigenvalue weighted by Gasteiger charge is -2.19. The van der Waals surface area contributed by atoms with Crippen molar-refractivity contribution in [1.29, 1.82) is 0 Å². The van der Waals surface area contributed by atoms with Gasteiger partial charge in [-0.15, -0.1) is 0 Å². The van der Waals surface area contributed by atoms with Gasteiger partial charge in [0.15, 0.2) is 5.58 Å². The first-order valence-electron chi connectivity index (χ1n) is 10.1. The van der Waals surface area contributed by atoms with Gasteiger partial charge in [0.2, 0.25) is 15.9 Å². The number of hydrogen-bond acceptors (Lipinski definition) is 5. The van der Waals surface area contributed by atoms with Crippen molar-refractivity contribution >= 4 is 44.3 Å². The molecule has 1 aliphatic rings. The monoisotopic (exact) mass is 481 g/mol. The Labute approximate surface area is 188 Å². The van der Waals surface area contributed by atoms with Crippen LogP contribution in [0.1, 0.15) is 25.7 Å². The van der Waals surface area contributed by atoms with E-state index in [0.717, 1.165) is 36.3 Å². The van der Waals surface area contributed by atoms with Crippen LogP contribution in [0.5, 0.6) is 0 Å². The van der Waals surface area contributed by atoms with Gasteiger partial charge in [0.1, 0.15) is 12.4 Å². The van der Waals surface area contributed by atoms with Crippen molar-refractivity contribution in [2.45, 2.75) is 37.1 Å². The first-order valence-corrected chi connectivity index (χ1v) is 12.0. The molecule has 1 saturated heterocycles. The number of amides is 1. The quantitative estimate of drug-likeness (QED) is 0.600. The van der Waals surface area contributed by atoms with Crippen molar-refractivity contribution < 1.29 is 22.0 Å². The molecule has 2 heterocycles. The molecule has 3 aromatic rings. The molecule has 1 aromatic heterocycles. The summed E-state index contributed by atoms with van der Waals surface area (Å²) in [6.45, 7) is 0.539. The molecule has 0 spiro atoms. The maximum absolute atomic E-state index is 13.3. The largest absolute Gasteiger partial charge is 0.420 e. The lowest BCUT2D eigenvalue weighted by atomic mass is 10.2. The number of anilines is 1. The van der Waals surface area contributed by atoms with Crippen molar-refractivity contribution in [1.82, 2.24) is 8.87 Å². The van der Waals surface area contributed by atoms with Gasteiger partial charge in [-0.05, 0) is 43.2 Å². The Kier molecular flexibility index (Phi) is 6.36. The molecule has 0 saturated carbocycles. The van der Waals surface area contributed by atoms with Gasteiger partial charge < -0.3 is 9.73 Å². The Morgan fingerprint density at radius 1 is 1.09 bits per heavy atom. The standard InChI is InChI=1S/C21H21ClFN3O5S/c22-16-11-14(5-7-17(16)23)24-20(27)13-26-18-8-6-15(12-19(18)31-21(26)28)32(29,30)25-9-3-1-2-4-10-25/h5-8,11-12H,1-4,9-10,13H2,(H,24,27). The lowest BCUT2D eigenvalue weighted by Crippen LogP contribution is -2.31. The average Bonchev–Trinajstić information content (AvgIpc) is 2.92. The molecular formula is C21H21ClFN3O5S. The fourth-order valence-electron chi connectivity index (χ4n) is 3.71. The summed E-state index contributed by atoms with van der Waals surface area (Å²) in [6, 6.07) is 7.88. The zero-order chi connectivity index (χ0) is 22.9. The summed E-state index contributed by atoms with van der Waals surface area (Å²) in [7, 11) is -3.71. The fraction of sp³-hybridized carbons (Fsp3) is 0.333. The van der Waals surface area contributed by atoms with Gasteiger partial charge in [-0.2, -0.15) is 4.31 Å². The van der Waals surface area contributed by atoms with Crippen LogP contribution in [0, 0.1) is 5.82 Å². The van der Waals surface area contributed by atoms with E-state index in [9.17, 15) is 22.4 Å². The molecule has 0 aliphatic carbocycles. The molecule has 11 heteroatoms. The van der Waals surface area contributed by atoms with Crippen LogP contribution < -0.4 is 11.1 Å². The minimum Gasteiger partial charge on any atom is -0.408 e. The third-order valence-corrected chi connectivity index (χ3v) is 7.53. The van der Waals surface area contributed by atoms with E-state index in [-0.39, 0.29) is 33.2 Å². The Hall–Kier alpha value is -2.69. The van der Waals surface area contributed by atoms with Crippen molar-refractivity contribution in [3.8, 4) is 0 Å². The van der Waals surface area contributed by atoms with Gasteiger partial charge in [-0.1, -0.05) is 24.4 Å². The van der Waals surface area contributed by atoms with E-state index >= 15 is 0 Å². The molecule has 1 fully saturated rings. The molecule has 2 aromatic carbocycles. The maximum Gasteiger partial charge on any atom is 0.420 e. The number of nitrogens with zero attached hydrogens (tertiary/aromatic N) is 2. The normalized spacial score (nSPS) is 15.6. The number of aromatic nitrogens is 1. The minimum atomic E-state index is -3.71. The summed E-state index contributed by atoms with van der Waals surface area (Å²) in [6.07, 6.45) is 3.60. The van der Waals surface area contributed by atoms with E-state index in [0.29, 0.717) is 13.1 Å². The maximum atomic E-state index is 13.3. The van der Waals surface area contributed by atoms with E-state index in [1.807, 2.05) is 0 Å². The summed E-state index contributed by atoms with van der Waals surface area (Å²) in [5.74, 6) is -1.97. The fourth-order valence-corrected chi connectivity index (χ4v) is 5.42. The molecule has 1 N–H and O–H groups in total. The van der Waals surface area contributed by atoms with E-state index in [4.69, 9.17) is 16.0 Å². The van der Waals surface area contributed by atoms with Crippen LogP contribution in [-0.4, -0.2) is 36.3 Å². The van der Waals surface area contributed by atoms with Gasteiger partial charge in [0, 0.05) is 24.8 Å². The van der Waals surface area contributed by atoms with Crippen LogP contribution >= 0.6 is 11.6 Å². The second-order valence-corrected chi connectivity index (χ2v) is 9.92. The Balaban J connectivity index is 1.57. The number of carbonyl (C=O) groups excluding carboxylic acids is 1. The topological polar surface area (TPSA) is 102 Å². The van der Waals surface area contributed by atoms with Crippen LogP contribution in [-0.2, 0) is 21.4 Å². The molecule has 0 bridgehead atoms. The highest BCUT2D eigenvalue weighted by molar-refractivity contribution is 7.89. The van der Waals surface area contributed by atoms with Crippen LogP contribution in [0.25, 0.3) is 11.1 Å². The molecule has 1 amide bonds. The first kappa shape index (κ1) is 22.5. The third-order valence-electron chi connectivity index (χ3n) is 5.35. The molecule has 8 nitrogen and oxygen atoms in total. The SMILES string of the molecule is O=C(Cn1c(=O)oc2cc(S(=O)(=O)N3CCCCCC3)ccc21)Nc1ccc(F)c(Cl)c1. The molecular weight excluding hydrogens is 461 g/mol. The highest BCUT2D eigenvalue weighted by Gasteiger charge is 2.26. The predicted molar refractivity (Wildman–Crippen MR) is 118 cm³/mol. The number of halogens is 2. The zero-order valence-electron chi connectivity index (χ0n) is 17.0. The Bertz CT molecular complexity index is 1330. The number of carbonyl (C=O) groups is 1. The highest BCUT2D eigenvalue weighted by atomic mass is 35.5. The summed E-state index contributed by atoms with van der Waals surface area (Å²) >= 11 is 5.71. The van der Waals surface area contributed by atoms with Gasteiger partial charge >= 0.3 is 5.76 Å². The highest BCUT2D eigenvalue weighted by Crippen LogP contribution is 2.24. The van der Waals surface area contributed by atoms with E-state index < -0.39 is 27.5 Å². The molecule has 0 radical (unpaired) electrons. The van der Waals surface area contributed by atoms with Crippen molar-refractivity contribution in [3.63, 3.8) is 0 Å². The molecule has 0 unspecified atom stereocenters. The van der Waals surface area contributed by atoms with E-state index in [1.54, 1.807) is 0 Å². The van der Waals surface area contributed by atoms with Crippen LogP contribution in [0.15, 0.2) is 50.5 Å². The van der Waals surface area contributed by atoms with Crippen LogP contribution in [0.4, 0.5) is 10.1 Å². The van der Waals surface area contributed by atoms with Crippen molar-refractivity contribution in [2.24, 2.45) is 0 Å². The lowest BCUT2D eigenvalue weighted by molar-refractivity contribution is -0.116. The molecule has 0 atom stereocenters. The van der Waals surface area contributed by atoms with E-state index in [2.05, 4.69) is 5.32 Å². The molecule has 4 rings (SSSR count). The molecule has 170 valence electrons. The smallest absolute Gasteiger partial charge is 0.408 e. The number of fused-ring (bicyclic) bond motifs is 1. The predicted octanol–water partition coefficient (Wildman–Crippen LogP) is 3.59. The molecule has 1 aliphatic heterocycles. The number of rotatable bonds is 5. The second-order valence-electron chi connectivity index (χ2n) is 7.58. The zero-order valence-corrected chi connectivity index (χ0v) is 18.6. The first-order chi connectivity index (χ1) is 15.3. The number of benzene rings is 2. The molecule has 32 heavy (non-hydrogen) atoms. The summed E-state index contributed by atoms with van der Waals surface area (Å²) in [5, 5.41) is 2.38. The Morgan fingerprint density at radius 2 is 1.81 bits per heavy atom. The van der Waals surface area contributed by atoms with E-state index in [1.165, 1.54) is 34.6 Å². The van der Waals surface area contributed by atoms with Crippen molar-refractivity contribution in [3.05, 3.63) is 57.8 Å². The van der Waals surface area contributed by atoms with Crippen LogP contribution in [0.3, 0.4) is 0 Å². The van der Waals surface area contributed by atoms with Gasteiger partial charge in [0.05, 0.1) is 15.4 Å². The second kappa shape index (κ2) is 9.05. The number of oxazole rings is 1. The minimum absolute atomic E-state index is 0.0400. The van der Waals surface area contributed by atoms with Crippen LogP contribution in [0.2, 0.25) is 5.02 Å². The average molecular weight is 482 g/mol. The summed E-state index contributed by atoms with van der Waals surface area (Å²) in [4.78, 5) is 24.7. The van der Waals surface area contributed by atoms with Gasteiger partial charge in [-0.25, -0.2) is 17.6 Å². The summed E-state index contributed by atoms with van der Waals surface area (Å²) < 4.78 is 47.0. The Morgan fingerprint density at radius 3 is 2.50 bits per heavy atom. The number of sulfonamides is 1. The third kappa shape index (κ3) is 4.57. The number of nitrogens with one attached hydrogen (secondary N) is 1.